The molecule has 0 aromatic rings. The topological polar surface area (TPSA) is 41.1 Å². The molecule has 2 N–H and O–H groups in total. The zero-order valence-electron chi connectivity index (χ0n) is 8.71. The van der Waals surface area contributed by atoms with E-state index in [-0.39, 0.29) is 5.78 Å². The van der Waals surface area contributed by atoms with Gasteiger partial charge in [-0.3, -0.25) is 4.79 Å². The molecule has 2 unspecified atom stereocenters. The number of carbonyl (C=O) groups excluding carboxylic acids is 1. The lowest BCUT2D eigenvalue weighted by Gasteiger charge is -2.22. The number of fused-ring (bicyclic) bond motifs is 2. The molecule has 0 aromatic carbocycles. The van der Waals surface area contributed by atoms with Gasteiger partial charge in [0.2, 0.25) is 0 Å². The molecule has 1 aliphatic carbocycles. The van der Waals surface area contributed by atoms with Gasteiger partial charge in [0.15, 0.2) is 5.78 Å². The zero-order valence-corrected chi connectivity index (χ0v) is 8.71. The molecule has 2 atom stereocenters. The molecule has 2 heterocycles. The molecule has 0 saturated carbocycles. The first-order valence-corrected chi connectivity index (χ1v) is 5.40. The van der Waals surface area contributed by atoms with E-state index in [1.54, 1.807) is 6.92 Å². The van der Waals surface area contributed by atoms with Crippen LogP contribution in [0, 0.1) is 5.92 Å². The molecule has 0 spiro atoms. The third-order valence-electron chi connectivity index (χ3n) is 3.36. The number of allylic oxidation sites excluding steroid dienone is 2. The van der Waals surface area contributed by atoms with Gasteiger partial charge >= 0.3 is 0 Å². The molecule has 2 aliphatic heterocycles. The fourth-order valence-electron chi connectivity index (χ4n) is 2.60. The van der Waals surface area contributed by atoms with Crippen molar-refractivity contribution in [2.75, 3.05) is 6.54 Å². The second-order valence-electron chi connectivity index (χ2n) is 4.31. The number of nitrogens with one attached hydrogen (secondary N) is 2. The molecule has 0 bridgehead atoms. The van der Waals surface area contributed by atoms with Crippen LogP contribution in [0.5, 0.6) is 0 Å². The summed E-state index contributed by atoms with van der Waals surface area (Å²) in [4.78, 5) is 11.3. The summed E-state index contributed by atoms with van der Waals surface area (Å²) in [5, 5.41) is 6.63. The van der Waals surface area contributed by atoms with Crippen LogP contribution in [0.15, 0.2) is 35.2 Å². The van der Waals surface area contributed by atoms with E-state index in [9.17, 15) is 4.79 Å². The van der Waals surface area contributed by atoms with Gasteiger partial charge in [-0.2, -0.15) is 0 Å². The smallest absolute Gasteiger partial charge is 0.175 e. The van der Waals surface area contributed by atoms with Gasteiger partial charge in [0.05, 0.1) is 11.7 Å². The Morgan fingerprint density at radius 1 is 1.53 bits per heavy atom. The van der Waals surface area contributed by atoms with E-state index < -0.39 is 0 Å². The number of carbonyl (C=O) groups is 1. The van der Waals surface area contributed by atoms with E-state index >= 15 is 0 Å². The third kappa shape index (κ3) is 1.23. The van der Waals surface area contributed by atoms with Crippen molar-refractivity contribution in [3.63, 3.8) is 0 Å². The molecule has 0 amide bonds. The van der Waals surface area contributed by atoms with Crippen molar-refractivity contribution in [2.45, 2.75) is 19.4 Å². The van der Waals surface area contributed by atoms with Gasteiger partial charge < -0.3 is 10.6 Å². The molecule has 0 radical (unpaired) electrons. The first-order valence-electron chi connectivity index (χ1n) is 5.40. The van der Waals surface area contributed by atoms with E-state index in [1.165, 1.54) is 11.3 Å². The Bertz CT molecular complexity index is 417. The van der Waals surface area contributed by atoms with Crippen molar-refractivity contribution in [3.8, 4) is 0 Å². The largest absolute Gasteiger partial charge is 0.385 e. The zero-order chi connectivity index (χ0) is 10.4. The van der Waals surface area contributed by atoms with Crippen LogP contribution in [-0.2, 0) is 4.79 Å². The average Bonchev–Trinajstić information content (AvgIpc) is 2.82. The van der Waals surface area contributed by atoms with Crippen LogP contribution in [-0.4, -0.2) is 18.4 Å². The van der Waals surface area contributed by atoms with Crippen molar-refractivity contribution < 1.29 is 4.79 Å². The third-order valence-corrected chi connectivity index (χ3v) is 3.36. The maximum absolute atomic E-state index is 11.3. The second kappa shape index (κ2) is 2.99. The highest BCUT2D eigenvalue weighted by atomic mass is 16.1. The van der Waals surface area contributed by atoms with Gasteiger partial charge in [0, 0.05) is 25.1 Å². The number of Topliss-reactive ketones (excluding diaryl/α,β-unsaturated/α-hetero) is 1. The van der Waals surface area contributed by atoms with Gasteiger partial charge in [-0.05, 0) is 24.1 Å². The summed E-state index contributed by atoms with van der Waals surface area (Å²) >= 11 is 0. The fourth-order valence-corrected chi connectivity index (χ4v) is 2.60. The molecule has 0 aromatic heterocycles. The van der Waals surface area contributed by atoms with Crippen molar-refractivity contribution >= 4 is 5.78 Å². The predicted octanol–water partition coefficient (Wildman–Crippen LogP) is 0.864. The van der Waals surface area contributed by atoms with Gasteiger partial charge in [-0.1, -0.05) is 6.08 Å². The molecule has 15 heavy (non-hydrogen) atoms. The summed E-state index contributed by atoms with van der Waals surface area (Å²) in [5.41, 5.74) is 3.49. The van der Waals surface area contributed by atoms with E-state index in [0.29, 0.717) is 12.0 Å². The van der Waals surface area contributed by atoms with E-state index in [2.05, 4.69) is 28.9 Å². The van der Waals surface area contributed by atoms with E-state index in [1.807, 2.05) is 0 Å². The van der Waals surface area contributed by atoms with Gasteiger partial charge in [-0.15, -0.1) is 0 Å². The Labute approximate surface area is 88.9 Å². The normalized spacial score (nSPS) is 31.7. The van der Waals surface area contributed by atoms with Crippen LogP contribution >= 0.6 is 0 Å². The Balaban J connectivity index is 1.96. The SMILES string of the molecule is CC(=O)C1=CC2C3=C(C=CC2N1)NCC3. The first-order chi connectivity index (χ1) is 7.25. The first kappa shape index (κ1) is 8.77. The molecule has 0 fully saturated rings. The van der Waals surface area contributed by atoms with Crippen LogP contribution in [0.4, 0.5) is 0 Å². The van der Waals surface area contributed by atoms with Crippen LogP contribution in [0.25, 0.3) is 0 Å². The van der Waals surface area contributed by atoms with Crippen LogP contribution in [0.1, 0.15) is 13.3 Å². The van der Waals surface area contributed by atoms with Crippen LogP contribution < -0.4 is 10.6 Å². The molecule has 3 nitrogen and oxygen atoms in total. The standard InChI is InChI=1S/C12H14N2O/c1-7(15)12-6-9-8-4-5-13-10(8)2-3-11(9)14-12/h2-3,6,9,11,13-14H,4-5H2,1H3. The lowest BCUT2D eigenvalue weighted by Crippen LogP contribution is -2.30. The molecule has 0 saturated heterocycles. The lowest BCUT2D eigenvalue weighted by atomic mass is 9.87. The highest BCUT2D eigenvalue weighted by Gasteiger charge is 2.34. The summed E-state index contributed by atoms with van der Waals surface area (Å²) in [6, 6.07) is 0.294. The van der Waals surface area contributed by atoms with Gasteiger partial charge in [-0.25, -0.2) is 0 Å². The highest BCUT2D eigenvalue weighted by molar-refractivity contribution is 5.93. The molecule has 3 rings (SSSR count). The van der Waals surface area contributed by atoms with Crippen molar-refractivity contribution in [2.24, 2.45) is 5.92 Å². The number of rotatable bonds is 1. The van der Waals surface area contributed by atoms with Gasteiger partial charge in [0.25, 0.3) is 0 Å². The molecular weight excluding hydrogens is 188 g/mol. The number of hydrogen-bond donors (Lipinski definition) is 2. The monoisotopic (exact) mass is 202 g/mol. The number of ketones is 1. The Morgan fingerprint density at radius 3 is 3.20 bits per heavy atom. The quantitative estimate of drug-likeness (QED) is 0.662. The highest BCUT2D eigenvalue weighted by Crippen LogP contribution is 2.35. The number of hydrogen-bond acceptors (Lipinski definition) is 3. The van der Waals surface area contributed by atoms with Crippen molar-refractivity contribution in [1.29, 1.82) is 0 Å². The second-order valence-corrected chi connectivity index (χ2v) is 4.31. The minimum absolute atomic E-state index is 0.130. The summed E-state index contributed by atoms with van der Waals surface area (Å²) in [5.74, 6) is 0.518. The fraction of sp³-hybridized carbons (Fsp3) is 0.417. The average molecular weight is 202 g/mol. The summed E-state index contributed by atoms with van der Waals surface area (Å²) < 4.78 is 0. The van der Waals surface area contributed by atoms with Crippen molar-refractivity contribution in [3.05, 3.63) is 35.2 Å². The maximum Gasteiger partial charge on any atom is 0.175 e. The molecule has 3 heteroatoms. The minimum atomic E-state index is 0.130. The van der Waals surface area contributed by atoms with Crippen molar-refractivity contribution in [1.82, 2.24) is 10.6 Å². The summed E-state index contributed by atoms with van der Waals surface area (Å²) in [7, 11) is 0. The Morgan fingerprint density at radius 2 is 2.40 bits per heavy atom. The van der Waals surface area contributed by atoms with Crippen LogP contribution in [0.2, 0.25) is 0 Å². The Kier molecular flexibility index (Phi) is 1.75. The lowest BCUT2D eigenvalue weighted by molar-refractivity contribution is -0.113. The molecule has 78 valence electrons. The molecule has 3 aliphatic rings. The minimum Gasteiger partial charge on any atom is -0.385 e. The Hall–Kier alpha value is -1.51. The summed E-state index contributed by atoms with van der Waals surface area (Å²) in [6.45, 7) is 2.64. The summed E-state index contributed by atoms with van der Waals surface area (Å²) in [6.07, 6.45) is 7.46. The van der Waals surface area contributed by atoms with Gasteiger partial charge in [0.1, 0.15) is 0 Å². The van der Waals surface area contributed by atoms with E-state index in [4.69, 9.17) is 0 Å². The predicted molar refractivity (Wildman–Crippen MR) is 58.0 cm³/mol. The molecular formula is C12H14N2O. The van der Waals surface area contributed by atoms with E-state index in [0.717, 1.165) is 18.7 Å². The maximum atomic E-state index is 11.3. The van der Waals surface area contributed by atoms with Crippen LogP contribution in [0.3, 0.4) is 0 Å².